The van der Waals surface area contributed by atoms with E-state index in [-0.39, 0.29) is 23.5 Å². The van der Waals surface area contributed by atoms with E-state index in [0.717, 1.165) is 6.07 Å². The van der Waals surface area contributed by atoms with Crippen LogP contribution in [-0.4, -0.2) is 49.0 Å². The first-order chi connectivity index (χ1) is 15.1. The zero-order chi connectivity index (χ0) is 23.0. The smallest absolute Gasteiger partial charge is 0.433 e. The van der Waals surface area contributed by atoms with Crippen molar-refractivity contribution in [2.75, 3.05) is 5.32 Å². The number of alkyl carbamates (subject to hydrolysis) is 1. The van der Waals surface area contributed by atoms with E-state index in [0.29, 0.717) is 18.5 Å². The van der Waals surface area contributed by atoms with Gasteiger partial charge in [-0.15, -0.1) is 0 Å². The lowest BCUT2D eigenvalue weighted by Crippen LogP contribution is -2.36. The molecule has 1 saturated carbocycles. The van der Waals surface area contributed by atoms with Crippen molar-refractivity contribution in [1.29, 1.82) is 0 Å². The third kappa shape index (κ3) is 4.46. The van der Waals surface area contributed by atoms with Crippen LogP contribution in [0.15, 0.2) is 24.5 Å². The van der Waals surface area contributed by atoms with E-state index in [1.54, 1.807) is 13.8 Å². The molecule has 0 bridgehead atoms. The topological polar surface area (TPSA) is 109 Å². The summed E-state index contributed by atoms with van der Waals surface area (Å²) in [6.07, 6.45) is -4.12. The van der Waals surface area contributed by atoms with Crippen molar-refractivity contribution in [3.63, 3.8) is 0 Å². The van der Waals surface area contributed by atoms with Crippen LogP contribution in [0.25, 0.3) is 5.65 Å². The second kappa shape index (κ2) is 8.28. The Morgan fingerprint density at radius 2 is 2.09 bits per heavy atom. The highest BCUT2D eigenvalue weighted by molar-refractivity contribution is 5.67. The van der Waals surface area contributed by atoms with Crippen LogP contribution in [0.3, 0.4) is 0 Å². The van der Waals surface area contributed by atoms with Crippen molar-refractivity contribution >= 4 is 23.5 Å². The molecule has 0 aromatic carbocycles. The van der Waals surface area contributed by atoms with Gasteiger partial charge in [-0.25, -0.2) is 19.2 Å². The molecule has 0 saturated heterocycles. The number of nitrogens with zero attached hydrogens (tertiary/aromatic N) is 4. The Labute approximate surface area is 179 Å². The minimum atomic E-state index is -4.65. The van der Waals surface area contributed by atoms with Gasteiger partial charge in [0.1, 0.15) is 17.9 Å². The number of carbonyl (C=O) groups excluding carboxylic acids is 1. The molecule has 13 heteroatoms. The zero-order valence-electron chi connectivity index (χ0n) is 17.2. The lowest BCUT2D eigenvalue weighted by molar-refractivity contribution is -0.141. The number of hydrogen-bond acceptors (Lipinski definition) is 6. The number of aromatic nitrogens is 5. The van der Waals surface area contributed by atoms with Crippen molar-refractivity contribution in [1.82, 2.24) is 29.9 Å². The second-order valence-electron chi connectivity index (χ2n) is 7.82. The second-order valence-corrected chi connectivity index (χ2v) is 7.82. The number of alkyl halides is 4. The van der Waals surface area contributed by atoms with Gasteiger partial charge in [-0.2, -0.15) is 18.3 Å². The Morgan fingerprint density at radius 3 is 2.81 bits per heavy atom. The predicted octanol–water partition coefficient (Wildman–Crippen LogP) is 3.93. The van der Waals surface area contributed by atoms with E-state index in [1.807, 2.05) is 0 Å². The molecule has 0 unspecified atom stereocenters. The quantitative estimate of drug-likeness (QED) is 0.503. The van der Waals surface area contributed by atoms with Crippen molar-refractivity contribution in [3.8, 4) is 0 Å². The van der Waals surface area contributed by atoms with Crippen molar-refractivity contribution in [2.45, 2.75) is 57.1 Å². The number of ether oxygens (including phenoxy) is 1. The van der Waals surface area contributed by atoms with Crippen molar-refractivity contribution < 1.29 is 27.1 Å². The molecular formula is C19H21F4N7O2. The molecule has 0 aliphatic heterocycles. The molecule has 172 valence electrons. The normalized spacial score (nSPS) is 21.3. The van der Waals surface area contributed by atoms with Gasteiger partial charge in [0, 0.05) is 42.2 Å². The third-order valence-electron chi connectivity index (χ3n) is 5.08. The first kappa shape index (κ1) is 21.8. The Balaban J connectivity index is 1.49. The van der Waals surface area contributed by atoms with Crippen LogP contribution in [0.2, 0.25) is 0 Å². The third-order valence-corrected chi connectivity index (χ3v) is 5.08. The number of fused-ring (bicyclic) bond motifs is 1. The molecule has 1 aliphatic rings. The maximum Gasteiger partial charge on any atom is 0.433 e. The van der Waals surface area contributed by atoms with Crippen LogP contribution in [0.1, 0.15) is 44.0 Å². The molecular weight excluding hydrogens is 434 g/mol. The molecule has 9 nitrogen and oxygen atoms in total. The monoisotopic (exact) mass is 455 g/mol. The summed E-state index contributed by atoms with van der Waals surface area (Å²) in [5, 5.41) is 12.0. The van der Waals surface area contributed by atoms with E-state index in [9.17, 15) is 22.4 Å². The fraction of sp³-hybridized carbons (Fsp3) is 0.474. The van der Waals surface area contributed by atoms with E-state index < -0.39 is 36.2 Å². The molecule has 1 fully saturated rings. The molecule has 3 heterocycles. The van der Waals surface area contributed by atoms with E-state index in [1.165, 1.54) is 22.9 Å². The number of hydrogen-bond donors (Lipinski definition) is 3. The molecule has 0 radical (unpaired) electrons. The Kier molecular flexibility index (Phi) is 5.65. The van der Waals surface area contributed by atoms with Gasteiger partial charge in [0.05, 0.1) is 0 Å². The highest BCUT2D eigenvalue weighted by Crippen LogP contribution is 2.38. The number of carbonyl (C=O) groups is 1. The number of nitrogens with one attached hydrogen (secondary N) is 3. The van der Waals surface area contributed by atoms with E-state index in [4.69, 9.17) is 4.74 Å². The SMILES string of the molecule is CC(C)NC(=O)O[C@@H]1CC[C@H](c2cc(Nc3nc(C(F)(F)F)cc4nccn34)n[nH]2)[C@@H]1F. The molecule has 1 amide bonds. The van der Waals surface area contributed by atoms with Gasteiger partial charge >= 0.3 is 12.3 Å². The van der Waals surface area contributed by atoms with Gasteiger partial charge in [0.15, 0.2) is 11.5 Å². The van der Waals surface area contributed by atoms with Crippen molar-refractivity contribution in [2.24, 2.45) is 0 Å². The van der Waals surface area contributed by atoms with Gasteiger partial charge in [0.25, 0.3) is 0 Å². The minimum Gasteiger partial charge on any atom is -0.443 e. The molecule has 1 aliphatic carbocycles. The van der Waals surface area contributed by atoms with Crippen LogP contribution in [0.4, 0.5) is 34.1 Å². The molecule has 4 rings (SSSR count). The first-order valence-electron chi connectivity index (χ1n) is 9.96. The fourth-order valence-electron chi connectivity index (χ4n) is 3.64. The van der Waals surface area contributed by atoms with Crippen LogP contribution >= 0.6 is 0 Å². The highest BCUT2D eigenvalue weighted by Gasteiger charge is 2.41. The molecule has 0 spiro atoms. The number of aromatic amines is 1. The highest BCUT2D eigenvalue weighted by atomic mass is 19.4. The minimum absolute atomic E-state index is 0.0601. The summed E-state index contributed by atoms with van der Waals surface area (Å²) < 4.78 is 60.9. The Morgan fingerprint density at radius 1 is 1.31 bits per heavy atom. The number of imidazole rings is 1. The molecule has 3 aromatic heterocycles. The summed E-state index contributed by atoms with van der Waals surface area (Å²) in [6, 6.07) is 2.20. The van der Waals surface area contributed by atoms with Crippen LogP contribution < -0.4 is 10.6 Å². The van der Waals surface area contributed by atoms with Crippen LogP contribution in [-0.2, 0) is 10.9 Å². The first-order valence-corrected chi connectivity index (χ1v) is 9.96. The molecule has 3 N–H and O–H groups in total. The summed E-state index contributed by atoms with van der Waals surface area (Å²) in [4.78, 5) is 19.3. The van der Waals surface area contributed by atoms with Crippen LogP contribution in [0, 0.1) is 0 Å². The summed E-state index contributed by atoms with van der Waals surface area (Å²) in [7, 11) is 0. The van der Waals surface area contributed by atoms with Gasteiger partial charge < -0.3 is 15.4 Å². The maximum atomic E-state index is 14.9. The van der Waals surface area contributed by atoms with Gasteiger partial charge in [-0.05, 0) is 26.7 Å². The standard InChI is InChI=1S/C19H21F4N7O2/c1-9(2)25-18(31)32-12-4-3-10(16(12)20)11-7-14(29-28-11)27-17-26-13(19(21,22)23)8-15-24-5-6-30(15)17/h5-10,12,16H,3-4H2,1-2H3,(H,25,31)(H2,26,27,28,29)/t10-,12-,16+/m1/s1. The van der Waals surface area contributed by atoms with E-state index in [2.05, 4.69) is 30.8 Å². The maximum absolute atomic E-state index is 14.9. The predicted molar refractivity (Wildman–Crippen MR) is 105 cm³/mol. The Hall–Kier alpha value is -3.38. The zero-order valence-corrected chi connectivity index (χ0v) is 17.2. The number of amides is 1. The average molecular weight is 455 g/mol. The summed E-state index contributed by atoms with van der Waals surface area (Å²) in [6.45, 7) is 3.53. The average Bonchev–Trinajstić information content (AvgIpc) is 3.41. The van der Waals surface area contributed by atoms with Gasteiger partial charge in [-0.3, -0.25) is 9.50 Å². The molecule has 3 atom stereocenters. The number of rotatable bonds is 5. The van der Waals surface area contributed by atoms with Gasteiger partial charge in [-0.1, -0.05) is 0 Å². The molecule has 32 heavy (non-hydrogen) atoms. The largest absolute Gasteiger partial charge is 0.443 e. The van der Waals surface area contributed by atoms with Crippen LogP contribution in [0.5, 0.6) is 0 Å². The number of anilines is 2. The molecule has 3 aromatic rings. The van der Waals surface area contributed by atoms with E-state index >= 15 is 0 Å². The summed E-state index contributed by atoms with van der Waals surface area (Å²) in [5.41, 5.74) is -0.608. The summed E-state index contributed by atoms with van der Waals surface area (Å²) >= 11 is 0. The fourth-order valence-corrected chi connectivity index (χ4v) is 3.64. The summed E-state index contributed by atoms with van der Waals surface area (Å²) in [5.74, 6) is -0.575. The van der Waals surface area contributed by atoms with Gasteiger partial charge in [0.2, 0.25) is 5.95 Å². The lowest BCUT2D eigenvalue weighted by atomic mass is 10.0. The number of H-pyrrole nitrogens is 1. The van der Waals surface area contributed by atoms with Crippen molar-refractivity contribution in [3.05, 3.63) is 35.9 Å². The Bertz CT molecular complexity index is 1110. The number of halogens is 4. The lowest BCUT2D eigenvalue weighted by Gasteiger charge is -2.18.